The molecule has 126 valence electrons. The molecule has 24 heavy (non-hydrogen) atoms. The van der Waals surface area contributed by atoms with Gasteiger partial charge in [-0.1, -0.05) is 11.6 Å². The third kappa shape index (κ3) is 4.96. The number of amides is 2. The van der Waals surface area contributed by atoms with Crippen molar-refractivity contribution < 1.29 is 14.0 Å². The van der Waals surface area contributed by atoms with E-state index in [2.05, 4.69) is 16.0 Å². The summed E-state index contributed by atoms with van der Waals surface area (Å²) in [4.78, 5) is 23.2. The summed E-state index contributed by atoms with van der Waals surface area (Å²) in [5, 5.41) is 8.46. The van der Waals surface area contributed by atoms with Gasteiger partial charge < -0.3 is 16.0 Å². The molecule has 0 spiro atoms. The molecule has 3 N–H and O–H groups in total. The second kappa shape index (κ2) is 7.79. The molecular formula is C17H17ClFN3O2. The molecule has 0 aromatic heterocycles. The quantitative estimate of drug-likeness (QED) is 0.767. The Bertz CT molecular complexity index is 750. The topological polar surface area (TPSA) is 70.2 Å². The minimum atomic E-state index is -0.544. The van der Waals surface area contributed by atoms with Crippen LogP contribution in [0.1, 0.15) is 13.8 Å². The fraction of sp³-hybridized carbons (Fsp3) is 0.176. The van der Waals surface area contributed by atoms with Crippen molar-refractivity contribution in [3.8, 4) is 0 Å². The Morgan fingerprint density at radius 2 is 1.67 bits per heavy atom. The number of rotatable bonds is 5. The van der Waals surface area contributed by atoms with E-state index in [-0.39, 0.29) is 16.8 Å². The first-order valence-corrected chi connectivity index (χ1v) is 7.63. The number of carbonyl (C=O) groups is 2. The van der Waals surface area contributed by atoms with Crippen LogP contribution in [-0.2, 0) is 9.59 Å². The second-order valence-corrected chi connectivity index (χ2v) is 5.65. The highest BCUT2D eigenvalue weighted by atomic mass is 35.5. The lowest BCUT2D eigenvalue weighted by Crippen LogP contribution is -2.31. The normalized spacial score (nSPS) is 11.5. The molecule has 2 amide bonds. The summed E-state index contributed by atoms with van der Waals surface area (Å²) < 4.78 is 13.0. The van der Waals surface area contributed by atoms with Gasteiger partial charge in [0.1, 0.15) is 11.9 Å². The minimum absolute atomic E-state index is 0.134. The van der Waals surface area contributed by atoms with Gasteiger partial charge in [-0.25, -0.2) is 4.39 Å². The van der Waals surface area contributed by atoms with E-state index in [4.69, 9.17) is 11.6 Å². The van der Waals surface area contributed by atoms with E-state index in [9.17, 15) is 14.0 Å². The van der Waals surface area contributed by atoms with Crippen LogP contribution in [0.4, 0.5) is 21.5 Å². The van der Waals surface area contributed by atoms with Gasteiger partial charge in [-0.05, 0) is 49.4 Å². The van der Waals surface area contributed by atoms with Gasteiger partial charge in [-0.3, -0.25) is 9.59 Å². The summed E-state index contributed by atoms with van der Waals surface area (Å²) in [5.41, 5.74) is 1.73. The predicted molar refractivity (Wildman–Crippen MR) is 93.9 cm³/mol. The molecule has 0 aliphatic heterocycles. The zero-order chi connectivity index (χ0) is 17.7. The molecule has 0 heterocycles. The zero-order valence-corrected chi connectivity index (χ0v) is 13.9. The van der Waals surface area contributed by atoms with Crippen LogP contribution in [0.3, 0.4) is 0 Å². The Labute approximate surface area is 144 Å². The van der Waals surface area contributed by atoms with Crippen LogP contribution in [0, 0.1) is 5.82 Å². The maximum absolute atomic E-state index is 13.0. The lowest BCUT2D eigenvalue weighted by Gasteiger charge is -2.16. The Balaban J connectivity index is 1.97. The summed E-state index contributed by atoms with van der Waals surface area (Å²) in [6.45, 7) is 3.12. The van der Waals surface area contributed by atoms with Gasteiger partial charge in [0, 0.05) is 18.3 Å². The molecule has 0 unspecified atom stereocenters. The molecule has 7 heteroatoms. The molecule has 0 aliphatic rings. The molecule has 0 fully saturated rings. The highest BCUT2D eigenvalue weighted by Crippen LogP contribution is 2.23. The maximum atomic E-state index is 13.0. The molecule has 2 rings (SSSR count). The van der Waals surface area contributed by atoms with E-state index >= 15 is 0 Å². The first-order chi connectivity index (χ1) is 11.3. The first kappa shape index (κ1) is 17.7. The van der Waals surface area contributed by atoms with Crippen molar-refractivity contribution in [1.29, 1.82) is 0 Å². The average molecular weight is 350 g/mol. The van der Waals surface area contributed by atoms with Crippen LogP contribution >= 0.6 is 11.6 Å². The number of hydrogen-bond acceptors (Lipinski definition) is 3. The summed E-state index contributed by atoms with van der Waals surface area (Å²) in [6, 6.07) is 10.2. The number of anilines is 3. The van der Waals surface area contributed by atoms with Gasteiger partial charge in [-0.15, -0.1) is 0 Å². The highest BCUT2D eigenvalue weighted by molar-refractivity contribution is 6.33. The third-order valence-electron chi connectivity index (χ3n) is 3.17. The van der Waals surface area contributed by atoms with E-state index in [1.54, 1.807) is 31.2 Å². The van der Waals surface area contributed by atoms with Crippen LogP contribution in [0.15, 0.2) is 42.5 Å². The predicted octanol–water partition coefficient (Wildman–Crippen LogP) is 3.88. The molecule has 0 radical (unpaired) electrons. The average Bonchev–Trinajstić information content (AvgIpc) is 2.51. The summed E-state index contributed by atoms with van der Waals surface area (Å²) in [6.07, 6.45) is 0. The Morgan fingerprint density at radius 1 is 1.04 bits per heavy atom. The highest BCUT2D eigenvalue weighted by Gasteiger charge is 2.14. The Morgan fingerprint density at radius 3 is 2.25 bits per heavy atom. The maximum Gasteiger partial charge on any atom is 0.246 e. The molecule has 2 aromatic carbocycles. The smallest absolute Gasteiger partial charge is 0.246 e. The molecule has 2 aromatic rings. The fourth-order valence-electron chi connectivity index (χ4n) is 2.00. The van der Waals surface area contributed by atoms with Crippen LogP contribution in [0.25, 0.3) is 0 Å². The van der Waals surface area contributed by atoms with Gasteiger partial charge in [0.15, 0.2) is 0 Å². The zero-order valence-electron chi connectivity index (χ0n) is 13.2. The Kier molecular flexibility index (Phi) is 5.76. The van der Waals surface area contributed by atoms with Crippen LogP contribution in [-0.4, -0.2) is 17.9 Å². The number of hydrogen-bond donors (Lipinski definition) is 3. The second-order valence-electron chi connectivity index (χ2n) is 5.24. The number of nitrogens with one attached hydrogen (secondary N) is 3. The molecule has 0 bridgehead atoms. The van der Waals surface area contributed by atoms with Gasteiger partial charge >= 0.3 is 0 Å². The monoisotopic (exact) mass is 349 g/mol. The summed E-state index contributed by atoms with van der Waals surface area (Å²) >= 11 is 5.89. The van der Waals surface area contributed by atoms with Crippen molar-refractivity contribution in [2.75, 3.05) is 16.0 Å². The van der Waals surface area contributed by atoms with Crippen molar-refractivity contribution in [2.24, 2.45) is 0 Å². The minimum Gasteiger partial charge on any atom is -0.374 e. The van der Waals surface area contributed by atoms with Crippen molar-refractivity contribution in [1.82, 2.24) is 0 Å². The Hall–Kier alpha value is -2.60. The largest absolute Gasteiger partial charge is 0.374 e. The van der Waals surface area contributed by atoms with Crippen molar-refractivity contribution in [3.05, 3.63) is 53.3 Å². The van der Waals surface area contributed by atoms with Gasteiger partial charge in [-0.2, -0.15) is 0 Å². The standard InChI is InChI=1S/C17H17ClFN3O2/c1-10(17(24)22-16-8-3-12(19)9-15(16)18)20-13-4-6-14(7-5-13)21-11(2)23/h3-10,20H,1-2H3,(H,21,23)(H,22,24)/t10-/m0/s1. The lowest BCUT2D eigenvalue weighted by molar-refractivity contribution is -0.116. The lowest BCUT2D eigenvalue weighted by atomic mass is 10.2. The van der Waals surface area contributed by atoms with Crippen LogP contribution in [0.5, 0.6) is 0 Å². The molecular weight excluding hydrogens is 333 g/mol. The van der Waals surface area contributed by atoms with Crippen molar-refractivity contribution in [3.63, 3.8) is 0 Å². The van der Waals surface area contributed by atoms with E-state index in [1.807, 2.05) is 0 Å². The molecule has 0 saturated heterocycles. The summed E-state index contributed by atoms with van der Waals surface area (Å²) in [7, 11) is 0. The van der Waals surface area contributed by atoms with Crippen LogP contribution < -0.4 is 16.0 Å². The van der Waals surface area contributed by atoms with E-state index in [0.717, 1.165) is 11.8 Å². The van der Waals surface area contributed by atoms with E-state index in [1.165, 1.54) is 19.1 Å². The summed E-state index contributed by atoms with van der Waals surface area (Å²) in [5.74, 6) is -0.933. The van der Waals surface area contributed by atoms with E-state index in [0.29, 0.717) is 11.4 Å². The number of benzene rings is 2. The van der Waals surface area contributed by atoms with Gasteiger partial charge in [0.2, 0.25) is 11.8 Å². The SMILES string of the molecule is CC(=O)Nc1ccc(N[C@@H](C)C(=O)Nc2ccc(F)cc2Cl)cc1. The third-order valence-corrected chi connectivity index (χ3v) is 3.48. The molecule has 1 atom stereocenters. The van der Waals surface area contributed by atoms with Crippen LogP contribution in [0.2, 0.25) is 5.02 Å². The number of halogens is 2. The molecule has 0 saturated carbocycles. The van der Waals surface area contributed by atoms with Gasteiger partial charge in [0.25, 0.3) is 0 Å². The van der Waals surface area contributed by atoms with Crippen molar-refractivity contribution >= 4 is 40.5 Å². The van der Waals surface area contributed by atoms with Crippen molar-refractivity contribution in [2.45, 2.75) is 19.9 Å². The molecule has 5 nitrogen and oxygen atoms in total. The molecule has 0 aliphatic carbocycles. The van der Waals surface area contributed by atoms with Gasteiger partial charge in [0.05, 0.1) is 10.7 Å². The fourth-order valence-corrected chi connectivity index (χ4v) is 2.21. The number of carbonyl (C=O) groups excluding carboxylic acids is 2. The van der Waals surface area contributed by atoms with E-state index < -0.39 is 11.9 Å². The first-order valence-electron chi connectivity index (χ1n) is 7.25.